The Morgan fingerprint density at radius 3 is 2.57 bits per heavy atom. The Morgan fingerprint density at radius 2 is 1.95 bits per heavy atom. The van der Waals surface area contributed by atoms with Gasteiger partial charge >= 0.3 is 5.97 Å². The molecule has 0 bridgehead atoms. The van der Waals surface area contributed by atoms with Crippen molar-refractivity contribution in [2.75, 3.05) is 19.5 Å². The summed E-state index contributed by atoms with van der Waals surface area (Å²) in [6.07, 6.45) is 0. The van der Waals surface area contributed by atoms with E-state index in [1.807, 2.05) is 24.3 Å². The highest BCUT2D eigenvalue weighted by atomic mass is 35.5. The molecule has 110 valence electrons. The summed E-state index contributed by atoms with van der Waals surface area (Å²) in [7, 11) is 2.90. The van der Waals surface area contributed by atoms with Gasteiger partial charge in [-0.15, -0.1) is 10.2 Å². The molecule has 1 aromatic carbocycles. The third-order valence-corrected chi connectivity index (χ3v) is 2.97. The van der Waals surface area contributed by atoms with Crippen molar-refractivity contribution in [2.24, 2.45) is 0 Å². The lowest BCUT2D eigenvalue weighted by atomic mass is 10.2. The van der Waals surface area contributed by atoms with E-state index in [4.69, 9.17) is 16.3 Å². The van der Waals surface area contributed by atoms with Gasteiger partial charge in [0, 0.05) is 12.6 Å². The molecule has 0 atom stereocenters. The number of anilines is 1. The molecule has 0 aliphatic carbocycles. The highest BCUT2D eigenvalue weighted by Crippen LogP contribution is 2.19. The van der Waals surface area contributed by atoms with Crippen LogP contribution in [-0.2, 0) is 11.3 Å². The van der Waals surface area contributed by atoms with Crippen LogP contribution in [-0.4, -0.2) is 30.4 Å². The second-order valence-electron chi connectivity index (χ2n) is 4.12. The van der Waals surface area contributed by atoms with E-state index < -0.39 is 5.97 Å². The molecule has 21 heavy (non-hydrogen) atoms. The summed E-state index contributed by atoms with van der Waals surface area (Å²) in [4.78, 5) is 11.6. The Hall–Kier alpha value is -2.34. The van der Waals surface area contributed by atoms with Crippen LogP contribution in [0.4, 0.5) is 5.69 Å². The first-order valence-corrected chi connectivity index (χ1v) is 6.50. The van der Waals surface area contributed by atoms with Crippen molar-refractivity contribution in [3.8, 4) is 5.75 Å². The first-order chi connectivity index (χ1) is 10.1. The number of methoxy groups -OCH3 is 2. The van der Waals surface area contributed by atoms with E-state index in [0.717, 1.165) is 11.3 Å². The minimum atomic E-state index is -0.573. The van der Waals surface area contributed by atoms with Crippen molar-refractivity contribution in [1.29, 1.82) is 0 Å². The van der Waals surface area contributed by atoms with Crippen LogP contribution in [0, 0.1) is 0 Å². The largest absolute Gasteiger partial charge is 0.497 e. The van der Waals surface area contributed by atoms with Gasteiger partial charge in [-0.2, -0.15) is 0 Å². The molecule has 0 spiro atoms. The molecule has 0 saturated heterocycles. The van der Waals surface area contributed by atoms with Gasteiger partial charge in [-0.05, 0) is 17.7 Å². The second-order valence-corrected chi connectivity index (χ2v) is 4.51. The van der Waals surface area contributed by atoms with E-state index in [1.54, 1.807) is 7.11 Å². The normalized spacial score (nSPS) is 10.0. The van der Waals surface area contributed by atoms with Crippen LogP contribution in [0.15, 0.2) is 30.3 Å². The summed E-state index contributed by atoms with van der Waals surface area (Å²) in [5.41, 5.74) is 1.58. The summed E-state index contributed by atoms with van der Waals surface area (Å²) in [6.45, 7) is 0.496. The van der Waals surface area contributed by atoms with Crippen molar-refractivity contribution < 1.29 is 14.3 Å². The molecule has 0 amide bonds. The lowest BCUT2D eigenvalue weighted by Crippen LogP contribution is -2.11. The molecule has 7 heteroatoms. The van der Waals surface area contributed by atoms with Crippen LogP contribution >= 0.6 is 11.6 Å². The Labute approximate surface area is 127 Å². The Kier molecular flexibility index (Phi) is 4.94. The van der Waals surface area contributed by atoms with Gasteiger partial charge in [-0.3, -0.25) is 0 Å². The summed E-state index contributed by atoms with van der Waals surface area (Å²) in [5.74, 6) is 0.207. The van der Waals surface area contributed by atoms with Gasteiger partial charge in [0.15, 0.2) is 10.8 Å². The molecule has 0 saturated carbocycles. The highest BCUT2D eigenvalue weighted by Gasteiger charge is 2.15. The predicted octanol–water partition coefficient (Wildman–Crippen LogP) is 2.54. The maximum absolute atomic E-state index is 11.6. The minimum Gasteiger partial charge on any atom is -0.497 e. The summed E-state index contributed by atoms with van der Waals surface area (Å²) >= 11 is 5.80. The number of esters is 1. The van der Waals surface area contributed by atoms with Gasteiger partial charge in [0.25, 0.3) is 0 Å². The average molecular weight is 308 g/mol. The van der Waals surface area contributed by atoms with E-state index in [2.05, 4.69) is 20.3 Å². The van der Waals surface area contributed by atoms with Crippen LogP contribution in [0.5, 0.6) is 5.75 Å². The van der Waals surface area contributed by atoms with Gasteiger partial charge < -0.3 is 14.8 Å². The Bertz CT molecular complexity index is 632. The van der Waals surface area contributed by atoms with E-state index in [1.165, 1.54) is 13.2 Å². The van der Waals surface area contributed by atoms with Crippen LogP contribution in [0.3, 0.4) is 0 Å². The Balaban J connectivity index is 2.14. The number of hydrogen-bond donors (Lipinski definition) is 1. The lowest BCUT2D eigenvalue weighted by molar-refractivity contribution is 0.0594. The number of benzene rings is 1. The second kappa shape index (κ2) is 6.90. The van der Waals surface area contributed by atoms with Crippen LogP contribution < -0.4 is 10.1 Å². The summed E-state index contributed by atoms with van der Waals surface area (Å²) in [6, 6.07) is 9.08. The highest BCUT2D eigenvalue weighted by molar-refractivity contribution is 6.29. The SMILES string of the molecule is COC(=O)c1nnc(Cl)cc1NCc1ccc(OC)cc1. The van der Waals surface area contributed by atoms with Crippen LogP contribution in [0.1, 0.15) is 16.1 Å². The fourth-order valence-electron chi connectivity index (χ4n) is 1.69. The molecule has 0 aliphatic rings. The van der Waals surface area contributed by atoms with Crippen molar-refractivity contribution >= 4 is 23.3 Å². The van der Waals surface area contributed by atoms with Crippen molar-refractivity contribution in [2.45, 2.75) is 6.54 Å². The Morgan fingerprint density at radius 1 is 1.24 bits per heavy atom. The van der Waals surface area contributed by atoms with Gasteiger partial charge in [-0.25, -0.2) is 4.79 Å². The standard InChI is InChI=1S/C14H14ClN3O3/c1-20-10-5-3-9(4-6-10)8-16-11-7-12(15)17-18-13(11)14(19)21-2/h3-7H,8H2,1-2H3,(H,16,17). The van der Waals surface area contributed by atoms with E-state index in [-0.39, 0.29) is 10.8 Å². The number of nitrogens with zero attached hydrogens (tertiary/aromatic N) is 2. The topological polar surface area (TPSA) is 73.3 Å². The molecule has 0 fully saturated rings. The van der Waals surface area contributed by atoms with E-state index in [0.29, 0.717) is 12.2 Å². The van der Waals surface area contributed by atoms with E-state index in [9.17, 15) is 4.79 Å². The zero-order valence-electron chi connectivity index (χ0n) is 11.6. The third kappa shape index (κ3) is 3.82. The first kappa shape index (κ1) is 15.1. The molecular formula is C14H14ClN3O3. The maximum Gasteiger partial charge on any atom is 0.360 e. The lowest BCUT2D eigenvalue weighted by Gasteiger charge is -2.10. The molecule has 0 aliphatic heterocycles. The third-order valence-electron chi connectivity index (χ3n) is 2.78. The number of nitrogens with one attached hydrogen (secondary N) is 1. The quantitative estimate of drug-likeness (QED) is 0.856. The molecule has 6 nitrogen and oxygen atoms in total. The van der Waals surface area contributed by atoms with Gasteiger partial charge in [-0.1, -0.05) is 23.7 Å². The smallest absolute Gasteiger partial charge is 0.360 e. The van der Waals surface area contributed by atoms with Crippen molar-refractivity contribution in [3.63, 3.8) is 0 Å². The van der Waals surface area contributed by atoms with Crippen molar-refractivity contribution in [1.82, 2.24) is 10.2 Å². The molecule has 2 aromatic rings. The molecule has 0 radical (unpaired) electrons. The summed E-state index contributed by atoms with van der Waals surface area (Å²) < 4.78 is 9.75. The maximum atomic E-state index is 11.6. The van der Waals surface area contributed by atoms with E-state index >= 15 is 0 Å². The van der Waals surface area contributed by atoms with Crippen LogP contribution in [0.25, 0.3) is 0 Å². The number of ether oxygens (including phenoxy) is 2. The number of hydrogen-bond acceptors (Lipinski definition) is 6. The molecule has 1 aromatic heterocycles. The number of aromatic nitrogens is 2. The average Bonchev–Trinajstić information content (AvgIpc) is 2.52. The number of carbonyl (C=O) groups excluding carboxylic acids is 1. The molecule has 0 unspecified atom stereocenters. The van der Waals surface area contributed by atoms with Crippen LogP contribution in [0.2, 0.25) is 5.15 Å². The van der Waals surface area contributed by atoms with Gasteiger partial charge in [0.2, 0.25) is 0 Å². The van der Waals surface area contributed by atoms with Gasteiger partial charge in [0.1, 0.15) is 5.75 Å². The zero-order valence-corrected chi connectivity index (χ0v) is 12.3. The van der Waals surface area contributed by atoms with Crippen molar-refractivity contribution in [3.05, 3.63) is 46.7 Å². The molecule has 1 heterocycles. The minimum absolute atomic E-state index is 0.0930. The number of rotatable bonds is 5. The molecule has 2 rings (SSSR count). The molecule has 1 N–H and O–H groups in total. The molecular weight excluding hydrogens is 294 g/mol. The monoisotopic (exact) mass is 307 g/mol. The predicted molar refractivity (Wildman–Crippen MR) is 78.7 cm³/mol. The fraction of sp³-hybridized carbons (Fsp3) is 0.214. The zero-order chi connectivity index (χ0) is 15.2. The van der Waals surface area contributed by atoms with Gasteiger partial charge in [0.05, 0.1) is 19.9 Å². The first-order valence-electron chi connectivity index (χ1n) is 6.12. The summed E-state index contributed by atoms with van der Waals surface area (Å²) in [5, 5.41) is 10.7. The number of carbonyl (C=O) groups is 1. The number of halogens is 1. The fourth-order valence-corrected chi connectivity index (χ4v) is 1.84.